The van der Waals surface area contributed by atoms with Crippen LogP contribution in [-0.2, 0) is 14.2 Å². The van der Waals surface area contributed by atoms with Gasteiger partial charge in [-0.2, -0.15) is 0 Å². The van der Waals surface area contributed by atoms with Gasteiger partial charge in [0.25, 0.3) is 0 Å². The Balaban J connectivity index is 0.00000341. The van der Waals surface area contributed by atoms with E-state index in [9.17, 15) is 0 Å². The van der Waals surface area contributed by atoms with Crippen LogP contribution in [0.4, 0.5) is 0 Å². The van der Waals surface area contributed by atoms with Gasteiger partial charge >= 0.3 is 0 Å². The molecule has 1 aromatic carbocycles. The summed E-state index contributed by atoms with van der Waals surface area (Å²) in [6.45, 7) is 9.88. The standard InChI is InChI=1S/C22H35ClN4O3.HI/c1-2-24-22(25-9-5-12-30-18-8-13-29-17-18)26-16-21(27-10-14-28-15-11-27)19-6-3-4-7-20(19)23;/h3-4,6-7,18,21H,2,5,8-17H2,1H3,(H2,24,25,26);1H. The molecular weight excluding hydrogens is 531 g/mol. The molecule has 2 N–H and O–H groups in total. The van der Waals surface area contributed by atoms with Crippen LogP contribution >= 0.6 is 35.6 Å². The molecule has 0 amide bonds. The Morgan fingerprint density at radius 3 is 2.74 bits per heavy atom. The minimum absolute atomic E-state index is 0. The van der Waals surface area contributed by atoms with Crippen LogP contribution in [0, 0.1) is 0 Å². The Kier molecular flexibility index (Phi) is 13.1. The highest BCUT2D eigenvalue weighted by atomic mass is 127. The Labute approximate surface area is 208 Å². The first kappa shape index (κ1) is 26.6. The van der Waals surface area contributed by atoms with Gasteiger partial charge in [0.1, 0.15) is 0 Å². The predicted octanol–water partition coefficient (Wildman–Crippen LogP) is 3.08. The van der Waals surface area contributed by atoms with E-state index in [1.165, 1.54) is 0 Å². The zero-order chi connectivity index (χ0) is 21.0. The van der Waals surface area contributed by atoms with Crippen LogP contribution in [0.2, 0.25) is 5.02 Å². The molecule has 3 rings (SSSR count). The molecule has 9 heteroatoms. The van der Waals surface area contributed by atoms with Gasteiger partial charge < -0.3 is 24.8 Å². The highest BCUT2D eigenvalue weighted by molar-refractivity contribution is 14.0. The lowest BCUT2D eigenvalue weighted by Crippen LogP contribution is -2.42. The molecule has 0 bridgehead atoms. The van der Waals surface area contributed by atoms with E-state index in [0.717, 1.165) is 88.6 Å². The van der Waals surface area contributed by atoms with Gasteiger partial charge in [-0.1, -0.05) is 29.8 Å². The van der Waals surface area contributed by atoms with Gasteiger partial charge in [0.15, 0.2) is 5.96 Å². The normalized spacial score (nSPS) is 20.8. The fraction of sp³-hybridized carbons (Fsp3) is 0.682. The summed E-state index contributed by atoms with van der Waals surface area (Å²) in [5, 5.41) is 7.55. The topological polar surface area (TPSA) is 67.4 Å². The number of rotatable bonds is 10. The van der Waals surface area contributed by atoms with Crippen molar-refractivity contribution in [2.45, 2.75) is 31.9 Å². The average molecular weight is 567 g/mol. The molecule has 0 radical (unpaired) electrons. The van der Waals surface area contributed by atoms with E-state index in [4.69, 9.17) is 30.8 Å². The van der Waals surface area contributed by atoms with Gasteiger partial charge in [0, 0.05) is 44.4 Å². The number of ether oxygens (including phenoxy) is 3. The van der Waals surface area contributed by atoms with Gasteiger partial charge in [-0.05, 0) is 31.4 Å². The molecule has 2 unspecified atom stereocenters. The van der Waals surface area contributed by atoms with Gasteiger partial charge in [-0.3, -0.25) is 9.89 Å². The molecule has 2 fully saturated rings. The number of nitrogens with one attached hydrogen (secondary N) is 2. The number of halogens is 2. The maximum Gasteiger partial charge on any atom is 0.191 e. The summed E-state index contributed by atoms with van der Waals surface area (Å²) < 4.78 is 16.7. The molecule has 1 aromatic rings. The second-order valence-electron chi connectivity index (χ2n) is 7.54. The molecule has 7 nitrogen and oxygen atoms in total. The molecule has 2 atom stereocenters. The maximum atomic E-state index is 6.53. The van der Waals surface area contributed by atoms with Crippen LogP contribution in [0.5, 0.6) is 0 Å². The summed E-state index contributed by atoms with van der Waals surface area (Å²) in [6, 6.07) is 8.19. The Morgan fingerprint density at radius 1 is 1.23 bits per heavy atom. The molecule has 2 saturated heterocycles. The zero-order valence-electron chi connectivity index (χ0n) is 18.4. The smallest absolute Gasteiger partial charge is 0.191 e. The number of hydrogen-bond acceptors (Lipinski definition) is 5. The molecule has 0 spiro atoms. The third kappa shape index (κ3) is 9.01. The first-order valence-corrected chi connectivity index (χ1v) is 11.4. The van der Waals surface area contributed by atoms with Gasteiger partial charge in [-0.15, -0.1) is 24.0 Å². The monoisotopic (exact) mass is 566 g/mol. The van der Waals surface area contributed by atoms with Gasteiger partial charge in [0.2, 0.25) is 0 Å². The van der Waals surface area contributed by atoms with Crippen LogP contribution < -0.4 is 10.6 Å². The van der Waals surface area contributed by atoms with Crippen molar-refractivity contribution in [2.24, 2.45) is 4.99 Å². The first-order valence-electron chi connectivity index (χ1n) is 11.1. The number of guanidine groups is 1. The molecule has 0 saturated carbocycles. The molecule has 31 heavy (non-hydrogen) atoms. The van der Waals surface area contributed by atoms with Gasteiger partial charge in [0.05, 0.1) is 38.5 Å². The van der Waals surface area contributed by atoms with E-state index >= 15 is 0 Å². The second-order valence-corrected chi connectivity index (χ2v) is 7.95. The molecule has 2 aliphatic heterocycles. The molecular formula is C22H36ClIN4O3. The van der Waals surface area contributed by atoms with E-state index in [-0.39, 0.29) is 36.1 Å². The van der Waals surface area contributed by atoms with E-state index in [2.05, 4.69) is 28.5 Å². The van der Waals surface area contributed by atoms with Gasteiger partial charge in [-0.25, -0.2) is 0 Å². The lowest BCUT2D eigenvalue weighted by Gasteiger charge is -2.34. The predicted molar refractivity (Wildman–Crippen MR) is 136 cm³/mol. The fourth-order valence-corrected chi connectivity index (χ4v) is 4.00. The molecule has 0 aliphatic carbocycles. The van der Waals surface area contributed by atoms with Crippen molar-refractivity contribution in [1.82, 2.24) is 15.5 Å². The van der Waals surface area contributed by atoms with Crippen molar-refractivity contribution in [3.8, 4) is 0 Å². The highest BCUT2D eigenvalue weighted by Gasteiger charge is 2.24. The third-order valence-corrected chi connectivity index (χ3v) is 5.72. The van der Waals surface area contributed by atoms with Crippen LogP contribution in [0.15, 0.2) is 29.3 Å². The lowest BCUT2D eigenvalue weighted by molar-refractivity contribution is 0.0180. The quantitative estimate of drug-likeness (QED) is 0.196. The largest absolute Gasteiger partial charge is 0.379 e. The van der Waals surface area contributed by atoms with E-state index < -0.39 is 0 Å². The Hall–Kier alpha value is -0.650. The van der Waals surface area contributed by atoms with Crippen LogP contribution in [0.3, 0.4) is 0 Å². The summed E-state index contributed by atoms with van der Waals surface area (Å²) in [4.78, 5) is 7.29. The van der Waals surface area contributed by atoms with Crippen molar-refractivity contribution in [3.63, 3.8) is 0 Å². The zero-order valence-corrected chi connectivity index (χ0v) is 21.4. The van der Waals surface area contributed by atoms with Crippen molar-refractivity contribution in [1.29, 1.82) is 0 Å². The lowest BCUT2D eigenvalue weighted by atomic mass is 10.0. The molecule has 0 aromatic heterocycles. The number of morpholine rings is 1. The average Bonchev–Trinajstić information content (AvgIpc) is 3.29. The fourth-order valence-electron chi connectivity index (χ4n) is 3.74. The van der Waals surface area contributed by atoms with Crippen molar-refractivity contribution >= 4 is 41.5 Å². The summed E-state index contributed by atoms with van der Waals surface area (Å²) >= 11 is 6.53. The minimum atomic E-state index is 0. The van der Waals surface area contributed by atoms with Crippen LogP contribution in [0.1, 0.15) is 31.4 Å². The molecule has 176 valence electrons. The first-order chi connectivity index (χ1) is 14.8. The van der Waals surface area contributed by atoms with Crippen molar-refractivity contribution < 1.29 is 14.2 Å². The summed E-state index contributed by atoms with van der Waals surface area (Å²) in [5.74, 6) is 0.826. The number of aliphatic imine (C=N–C) groups is 1. The summed E-state index contributed by atoms with van der Waals surface area (Å²) in [6.07, 6.45) is 2.19. The van der Waals surface area contributed by atoms with Crippen molar-refractivity contribution in [3.05, 3.63) is 34.9 Å². The van der Waals surface area contributed by atoms with Crippen LogP contribution in [0.25, 0.3) is 0 Å². The summed E-state index contributed by atoms with van der Waals surface area (Å²) in [5.41, 5.74) is 1.12. The SMILES string of the molecule is CCNC(=NCC(c1ccccc1Cl)N1CCOCC1)NCCCOC1CCOC1.I. The number of benzene rings is 1. The maximum absolute atomic E-state index is 6.53. The van der Waals surface area contributed by atoms with E-state index in [1.54, 1.807) is 0 Å². The van der Waals surface area contributed by atoms with E-state index in [0.29, 0.717) is 6.54 Å². The number of hydrogen-bond donors (Lipinski definition) is 2. The molecule has 2 heterocycles. The highest BCUT2D eigenvalue weighted by Crippen LogP contribution is 2.28. The number of nitrogens with zero attached hydrogens (tertiary/aromatic N) is 2. The van der Waals surface area contributed by atoms with Crippen molar-refractivity contribution in [2.75, 3.05) is 65.8 Å². The minimum Gasteiger partial charge on any atom is -0.379 e. The molecule has 2 aliphatic rings. The summed E-state index contributed by atoms with van der Waals surface area (Å²) in [7, 11) is 0. The second kappa shape index (κ2) is 15.2. The van der Waals surface area contributed by atoms with Crippen LogP contribution in [-0.4, -0.2) is 82.7 Å². The Morgan fingerprint density at radius 2 is 2.03 bits per heavy atom. The third-order valence-electron chi connectivity index (χ3n) is 5.37. The van der Waals surface area contributed by atoms with E-state index in [1.807, 2.05) is 18.2 Å². The Bertz CT molecular complexity index is 655.